The maximum absolute atomic E-state index is 12.5. The summed E-state index contributed by atoms with van der Waals surface area (Å²) in [4.78, 5) is 20.3. The Morgan fingerprint density at radius 3 is 2.36 bits per heavy atom. The third-order valence-electron chi connectivity index (χ3n) is 3.02. The van der Waals surface area contributed by atoms with Crippen LogP contribution in [-0.2, 0) is 0 Å². The van der Waals surface area contributed by atoms with Crippen molar-refractivity contribution in [3.63, 3.8) is 0 Å². The van der Waals surface area contributed by atoms with Crippen molar-refractivity contribution in [2.75, 3.05) is 17.8 Å². The molecule has 1 aliphatic heterocycles. The number of amides is 2. The van der Waals surface area contributed by atoms with Crippen LogP contribution in [0.5, 0.6) is 5.75 Å². The van der Waals surface area contributed by atoms with Gasteiger partial charge in [-0.25, -0.2) is 4.79 Å². The standard InChI is InChI=1S/C16H23N3O2S/c1-11(2)17-15-18(5)16(20)19(10-22-15)13-6-8-14(9-7-13)21-12(3)4/h6-9,11-12H,10H2,1-5H3/b17-15-. The number of benzene rings is 1. The summed E-state index contributed by atoms with van der Waals surface area (Å²) < 4.78 is 5.63. The zero-order valence-corrected chi connectivity index (χ0v) is 14.6. The number of hydrogen-bond acceptors (Lipinski definition) is 4. The molecule has 6 heteroatoms. The normalized spacial score (nSPS) is 17.8. The van der Waals surface area contributed by atoms with Gasteiger partial charge in [-0.2, -0.15) is 0 Å². The highest BCUT2D eigenvalue weighted by Crippen LogP contribution is 2.27. The van der Waals surface area contributed by atoms with Gasteiger partial charge in [-0.05, 0) is 52.0 Å². The SMILES string of the molecule is CC(C)/N=C1\SCN(c2ccc(OC(C)C)cc2)C(=O)N1C. The van der Waals surface area contributed by atoms with E-state index in [0.717, 1.165) is 16.6 Å². The molecule has 0 radical (unpaired) electrons. The average Bonchev–Trinajstić information content (AvgIpc) is 2.44. The van der Waals surface area contributed by atoms with Crippen molar-refractivity contribution >= 4 is 28.6 Å². The number of carbonyl (C=O) groups is 1. The zero-order chi connectivity index (χ0) is 16.3. The molecule has 0 bridgehead atoms. The second kappa shape index (κ2) is 7.05. The molecule has 1 aromatic rings. The molecule has 22 heavy (non-hydrogen) atoms. The molecule has 1 aromatic carbocycles. The molecule has 0 spiro atoms. The number of rotatable bonds is 4. The van der Waals surface area contributed by atoms with Gasteiger partial charge in [0.1, 0.15) is 5.75 Å². The van der Waals surface area contributed by atoms with Crippen molar-refractivity contribution < 1.29 is 9.53 Å². The van der Waals surface area contributed by atoms with Gasteiger partial charge in [-0.3, -0.25) is 14.8 Å². The Morgan fingerprint density at radius 2 is 1.82 bits per heavy atom. The molecule has 5 nitrogen and oxygen atoms in total. The van der Waals surface area contributed by atoms with Crippen LogP contribution in [0, 0.1) is 0 Å². The Labute approximate surface area is 136 Å². The van der Waals surface area contributed by atoms with E-state index in [2.05, 4.69) is 4.99 Å². The molecule has 1 fully saturated rings. The van der Waals surface area contributed by atoms with E-state index in [0.29, 0.717) is 5.88 Å². The first kappa shape index (κ1) is 16.7. The third kappa shape index (κ3) is 3.94. The van der Waals surface area contributed by atoms with Gasteiger partial charge in [-0.1, -0.05) is 11.8 Å². The molecule has 1 saturated heterocycles. The fourth-order valence-corrected chi connectivity index (χ4v) is 3.10. The summed E-state index contributed by atoms with van der Waals surface area (Å²) in [6.07, 6.45) is 0.138. The van der Waals surface area contributed by atoms with E-state index >= 15 is 0 Å². The van der Waals surface area contributed by atoms with Gasteiger partial charge in [0.2, 0.25) is 0 Å². The molecule has 2 rings (SSSR count). The van der Waals surface area contributed by atoms with Crippen LogP contribution in [0.25, 0.3) is 0 Å². The molecule has 1 aliphatic rings. The van der Waals surface area contributed by atoms with E-state index in [1.807, 2.05) is 52.0 Å². The number of hydrogen-bond donors (Lipinski definition) is 0. The molecule has 0 atom stereocenters. The minimum Gasteiger partial charge on any atom is -0.491 e. The molecule has 120 valence electrons. The summed E-state index contributed by atoms with van der Waals surface area (Å²) in [6, 6.07) is 7.73. The van der Waals surface area contributed by atoms with Crippen LogP contribution in [0.4, 0.5) is 10.5 Å². The lowest BCUT2D eigenvalue weighted by atomic mass is 10.3. The van der Waals surface area contributed by atoms with Crippen molar-refractivity contribution in [2.45, 2.75) is 39.8 Å². The number of aliphatic imine (C=N–C) groups is 1. The molecule has 1 heterocycles. The van der Waals surface area contributed by atoms with E-state index in [-0.39, 0.29) is 18.2 Å². The fourth-order valence-electron chi connectivity index (χ4n) is 2.04. The van der Waals surface area contributed by atoms with Crippen molar-refractivity contribution in [3.05, 3.63) is 24.3 Å². The van der Waals surface area contributed by atoms with Crippen LogP contribution in [0.3, 0.4) is 0 Å². The number of nitrogens with zero attached hydrogens (tertiary/aromatic N) is 3. The van der Waals surface area contributed by atoms with Gasteiger partial charge in [0, 0.05) is 18.8 Å². The summed E-state index contributed by atoms with van der Waals surface area (Å²) in [5.74, 6) is 1.38. The lowest BCUT2D eigenvalue weighted by molar-refractivity contribution is 0.233. The summed E-state index contributed by atoms with van der Waals surface area (Å²) in [5, 5.41) is 0.774. The predicted octanol–water partition coefficient (Wildman–Crippen LogP) is 3.80. The van der Waals surface area contributed by atoms with Gasteiger partial charge in [-0.15, -0.1) is 0 Å². The molecule has 0 aromatic heterocycles. The number of amidine groups is 1. The summed E-state index contributed by atoms with van der Waals surface area (Å²) >= 11 is 1.57. The van der Waals surface area contributed by atoms with Crippen molar-refractivity contribution in [1.29, 1.82) is 0 Å². The number of ether oxygens (including phenoxy) is 1. The molecular weight excluding hydrogens is 298 g/mol. The Kier molecular flexibility index (Phi) is 5.34. The monoisotopic (exact) mass is 321 g/mol. The summed E-state index contributed by atoms with van der Waals surface area (Å²) in [7, 11) is 1.76. The maximum atomic E-state index is 12.5. The van der Waals surface area contributed by atoms with E-state index in [4.69, 9.17) is 4.74 Å². The Hall–Kier alpha value is -1.69. The first-order valence-corrected chi connectivity index (χ1v) is 8.39. The van der Waals surface area contributed by atoms with Crippen LogP contribution in [0.15, 0.2) is 29.3 Å². The van der Waals surface area contributed by atoms with E-state index in [9.17, 15) is 4.79 Å². The van der Waals surface area contributed by atoms with Gasteiger partial charge in [0.05, 0.1) is 12.0 Å². The van der Waals surface area contributed by atoms with Crippen LogP contribution in [0.1, 0.15) is 27.7 Å². The maximum Gasteiger partial charge on any atom is 0.331 e. The van der Waals surface area contributed by atoms with E-state index in [1.165, 1.54) is 0 Å². The van der Waals surface area contributed by atoms with Gasteiger partial charge < -0.3 is 4.74 Å². The number of anilines is 1. The molecule has 2 amide bonds. The number of thioether (sulfide) groups is 1. The van der Waals surface area contributed by atoms with Gasteiger partial charge in [0.25, 0.3) is 0 Å². The van der Waals surface area contributed by atoms with Crippen LogP contribution in [-0.4, -0.2) is 41.2 Å². The van der Waals surface area contributed by atoms with Gasteiger partial charge in [0.15, 0.2) is 5.17 Å². The quantitative estimate of drug-likeness (QED) is 0.847. The molecular formula is C16H23N3O2S. The summed E-state index contributed by atoms with van der Waals surface area (Å²) in [6.45, 7) is 7.99. The Morgan fingerprint density at radius 1 is 1.18 bits per heavy atom. The van der Waals surface area contributed by atoms with Gasteiger partial charge >= 0.3 is 6.03 Å². The average molecular weight is 321 g/mol. The number of carbonyl (C=O) groups excluding carboxylic acids is 1. The minimum absolute atomic E-state index is 0.0596. The lowest BCUT2D eigenvalue weighted by Crippen LogP contribution is -2.48. The molecule has 0 saturated carbocycles. The molecule has 0 N–H and O–H groups in total. The summed E-state index contributed by atoms with van der Waals surface area (Å²) in [5.41, 5.74) is 0.865. The third-order valence-corrected chi connectivity index (χ3v) is 4.04. The highest BCUT2D eigenvalue weighted by molar-refractivity contribution is 8.14. The topological polar surface area (TPSA) is 45.1 Å². The Bertz CT molecular complexity index is 555. The van der Waals surface area contributed by atoms with Crippen molar-refractivity contribution in [1.82, 2.24) is 4.90 Å². The van der Waals surface area contributed by atoms with Crippen molar-refractivity contribution in [3.8, 4) is 5.75 Å². The largest absolute Gasteiger partial charge is 0.491 e. The van der Waals surface area contributed by atoms with E-state index < -0.39 is 0 Å². The lowest BCUT2D eigenvalue weighted by Gasteiger charge is -2.33. The van der Waals surface area contributed by atoms with E-state index in [1.54, 1.807) is 28.6 Å². The van der Waals surface area contributed by atoms with Crippen LogP contribution in [0.2, 0.25) is 0 Å². The predicted molar refractivity (Wildman–Crippen MR) is 92.9 cm³/mol. The van der Waals surface area contributed by atoms with Crippen LogP contribution >= 0.6 is 11.8 Å². The molecule has 0 unspecified atom stereocenters. The highest BCUT2D eigenvalue weighted by atomic mass is 32.2. The zero-order valence-electron chi connectivity index (χ0n) is 13.7. The van der Waals surface area contributed by atoms with Crippen LogP contribution < -0.4 is 9.64 Å². The Balaban J connectivity index is 2.12. The highest BCUT2D eigenvalue weighted by Gasteiger charge is 2.29. The fraction of sp³-hybridized carbons (Fsp3) is 0.500. The first-order valence-electron chi connectivity index (χ1n) is 7.41. The molecule has 0 aliphatic carbocycles. The number of urea groups is 1. The minimum atomic E-state index is -0.0596. The second-order valence-electron chi connectivity index (χ2n) is 5.71. The smallest absolute Gasteiger partial charge is 0.331 e. The van der Waals surface area contributed by atoms with Crippen molar-refractivity contribution in [2.24, 2.45) is 4.99 Å². The second-order valence-corrected chi connectivity index (χ2v) is 6.62. The first-order chi connectivity index (χ1) is 10.4.